The molecule has 0 aliphatic rings. The first-order valence-corrected chi connectivity index (χ1v) is 9.38. The SMILES string of the molecule is CCCNC(=O)[C@@H](C)N(Cc1ccccc1)C(=O)COc1cccc(Cl)c1. The molecule has 144 valence electrons. The van der Waals surface area contributed by atoms with Gasteiger partial charge in [0.05, 0.1) is 0 Å². The van der Waals surface area contributed by atoms with E-state index in [-0.39, 0.29) is 18.4 Å². The molecule has 0 saturated carbocycles. The Morgan fingerprint density at radius 2 is 1.89 bits per heavy atom. The molecule has 0 aliphatic heterocycles. The average Bonchev–Trinajstić information content (AvgIpc) is 2.68. The molecule has 0 aromatic heterocycles. The molecular formula is C21H25ClN2O3. The van der Waals surface area contributed by atoms with Crippen LogP contribution in [-0.2, 0) is 16.1 Å². The molecule has 0 fully saturated rings. The molecule has 27 heavy (non-hydrogen) atoms. The summed E-state index contributed by atoms with van der Waals surface area (Å²) in [4.78, 5) is 26.7. The number of halogens is 1. The van der Waals surface area contributed by atoms with E-state index in [1.807, 2.05) is 37.3 Å². The molecule has 2 aromatic rings. The van der Waals surface area contributed by atoms with Gasteiger partial charge in [-0.25, -0.2) is 0 Å². The van der Waals surface area contributed by atoms with Crippen molar-refractivity contribution in [3.8, 4) is 5.75 Å². The molecule has 0 bridgehead atoms. The van der Waals surface area contributed by atoms with E-state index < -0.39 is 6.04 Å². The number of rotatable bonds is 9. The van der Waals surface area contributed by atoms with Crippen LogP contribution in [0.4, 0.5) is 0 Å². The normalized spacial score (nSPS) is 11.5. The Morgan fingerprint density at radius 3 is 2.56 bits per heavy atom. The maximum Gasteiger partial charge on any atom is 0.261 e. The molecule has 1 atom stereocenters. The second kappa shape index (κ2) is 10.6. The summed E-state index contributed by atoms with van der Waals surface area (Å²) in [6.07, 6.45) is 0.836. The summed E-state index contributed by atoms with van der Waals surface area (Å²) < 4.78 is 5.57. The van der Waals surface area contributed by atoms with Crippen LogP contribution in [0.3, 0.4) is 0 Å². The van der Waals surface area contributed by atoms with Crippen LogP contribution in [0.2, 0.25) is 5.02 Å². The van der Waals surface area contributed by atoms with E-state index in [2.05, 4.69) is 5.32 Å². The highest BCUT2D eigenvalue weighted by Gasteiger charge is 2.26. The minimum absolute atomic E-state index is 0.168. The van der Waals surface area contributed by atoms with Crippen molar-refractivity contribution >= 4 is 23.4 Å². The molecule has 6 heteroatoms. The van der Waals surface area contributed by atoms with Gasteiger partial charge >= 0.3 is 0 Å². The van der Waals surface area contributed by atoms with Crippen LogP contribution in [0.5, 0.6) is 5.75 Å². The Labute approximate surface area is 165 Å². The Balaban J connectivity index is 2.09. The van der Waals surface area contributed by atoms with Crippen molar-refractivity contribution < 1.29 is 14.3 Å². The lowest BCUT2D eigenvalue weighted by molar-refractivity contribution is -0.142. The van der Waals surface area contributed by atoms with Gasteiger partial charge in [-0.3, -0.25) is 9.59 Å². The third-order valence-corrected chi connectivity index (χ3v) is 4.31. The smallest absolute Gasteiger partial charge is 0.261 e. The second-order valence-corrected chi connectivity index (χ2v) is 6.66. The van der Waals surface area contributed by atoms with Crippen molar-refractivity contribution in [2.75, 3.05) is 13.2 Å². The number of carbonyl (C=O) groups excluding carboxylic acids is 2. The van der Waals surface area contributed by atoms with E-state index in [9.17, 15) is 9.59 Å². The summed E-state index contributed by atoms with van der Waals surface area (Å²) in [5, 5.41) is 3.38. The van der Waals surface area contributed by atoms with E-state index >= 15 is 0 Å². The Morgan fingerprint density at radius 1 is 1.15 bits per heavy atom. The van der Waals surface area contributed by atoms with Gasteiger partial charge < -0.3 is 15.0 Å². The average molecular weight is 389 g/mol. The Hall–Kier alpha value is -2.53. The van der Waals surface area contributed by atoms with Crippen molar-refractivity contribution in [2.24, 2.45) is 0 Å². The van der Waals surface area contributed by atoms with E-state index in [1.165, 1.54) is 4.90 Å². The van der Waals surface area contributed by atoms with Crippen LogP contribution in [-0.4, -0.2) is 35.9 Å². The first-order chi connectivity index (χ1) is 13.0. The van der Waals surface area contributed by atoms with Gasteiger partial charge in [0.1, 0.15) is 11.8 Å². The lowest BCUT2D eigenvalue weighted by atomic mass is 10.1. The highest BCUT2D eigenvalue weighted by atomic mass is 35.5. The number of amides is 2. The van der Waals surface area contributed by atoms with Crippen LogP contribution in [0, 0.1) is 0 Å². The zero-order valence-corrected chi connectivity index (χ0v) is 16.4. The highest BCUT2D eigenvalue weighted by molar-refractivity contribution is 6.30. The van der Waals surface area contributed by atoms with Crippen LogP contribution in [0.1, 0.15) is 25.8 Å². The van der Waals surface area contributed by atoms with E-state index in [0.29, 0.717) is 23.9 Å². The largest absolute Gasteiger partial charge is 0.484 e. The summed E-state index contributed by atoms with van der Waals surface area (Å²) in [6, 6.07) is 15.8. The zero-order valence-electron chi connectivity index (χ0n) is 15.7. The molecule has 0 spiro atoms. The molecular weight excluding hydrogens is 364 g/mol. The number of nitrogens with zero attached hydrogens (tertiary/aromatic N) is 1. The van der Waals surface area contributed by atoms with Crippen molar-refractivity contribution in [3.63, 3.8) is 0 Å². The van der Waals surface area contributed by atoms with Crippen LogP contribution < -0.4 is 10.1 Å². The summed E-state index contributed by atoms with van der Waals surface area (Å²) >= 11 is 5.94. The van der Waals surface area contributed by atoms with Crippen LogP contribution >= 0.6 is 11.6 Å². The fraction of sp³-hybridized carbons (Fsp3) is 0.333. The first-order valence-electron chi connectivity index (χ1n) is 9.00. The molecule has 0 radical (unpaired) electrons. The number of hydrogen-bond donors (Lipinski definition) is 1. The van der Waals surface area contributed by atoms with Gasteiger partial charge in [-0.2, -0.15) is 0 Å². The summed E-state index contributed by atoms with van der Waals surface area (Å²) in [6.45, 7) is 4.45. The maximum absolute atomic E-state index is 12.8. The predicted octanol–water partition coefficient (Wildman–Crippen LogP) is 3.66. The first kappa shape index (κ1) is 20.8. The van der Waals surface area contributed by atoms with E-state index in [4.69, 9.17) is 16.3 Å². The molecule has 2 amide bonds. The van der Waals surface area contributed by atoms with E-state index in [1.54, 1.807) is 31.2 Å². The van der Waals surface area contributed by atoms with E-state index in [0.717, 1.165) is 12.0 Å². The maximum atomic E-state index is 12.8. The van der Waals surface area contributed by atoms with Gasteiger partial charge in [0, 0.05) is 18.1 Å². The number of carbonyl (C=O) groups is 2. The number of nitrogens with one attached hydrogen (secondary N) is 1. The van der Waals surface area contributed by atoms with Gasteiger partial charge in [-0.1, -0.05) is 54.9 Å². The number of ether oxygens (including phenoxy) is 1. The lowest BCUT2D eigenvalue weighted by Crippen LogP contribution is -2.49. The lowest BCUT2D eigenvalue weighted by Gasteiger charge is -2.28. The standard InChI is InChI=1S/C21H25ClN2O3/c1-3-12-23-21(26)16(2)24(14-17-8-5-4-6-9-17)20(25)15-27-19-11-7-10-18(22)13-19/h4-11,13,16H,3,12,14-15H2,1-2H3,(H,23,26)/t16-/m1/s1. The van der Waals surface area contributed by atoms with Crippen molar-refractivity contribution in [3.05, 3.63) is 65.2 Å². The molecule has 0 aliphatic carbocycles. The summed E-state index contributed by atoms with van der Waals surface area (Å²) in [5.74, 6) is 0.0699. The minimum Gasteiger partial charge on any atom is -0.484 e. The highest BCUT2D eigenvalue weighted by Crippen LogP contribution is 2.17. The van der Waals surface area contributed by atoms with Crippen molar-refractivity contribution in [2.45, 2.75) is 32.9 Å². The Bertz CT molecular complexity index is 752. The summed E-state index contributed by atoms with van der Waals surface area (Å²) in [7, 11) is 0. The van der Waals surface area contributed by atoms with Crippen LogP contribution in [0.25, 0.3) is 0 Å². The van der Waals surface area contributed by atoms with Gasteiger partial charge in [-0.05, 0) is 37.1 Å². The molecule has 2 rings (SSSR count). The van der Waals surface area contributed by atoms with Crippen LogP contribution in [0.15, 0.2) is 54.6 Å². The van der Waals surface area contributed by atoms with Gasteiger partial charge in [0.2, 0.25) is 5.91 Å². The third-order valence-electron chi connectivity index (χ3n) is 4.07. The van der Waals surface area contributed by atoms with Crippen molar-refractivity contribution in [1.29, 1.82) is 0 Å². The zero-order chi connectivity index (χ0) is 19.6. The monoisotopic (exact) mass is 388 g/mol. The molecule has 1 N–H and O–H groups in total. The Kier molecular flexibility index (Phi) is 8.14. The quantitative estimate of drug-likeness (QED) is 0.713. The second-order valence-electron chi connectivity index (χ2n) is 6.22. The topological polar surface area (TPSA) is 58.6 Å². The van der Waals surface area contributed by atoms with Gasteiger partial charge in [0.15, 0.2) is 6.61 Å². The molecule has 0 saturated heterocycles. The predicted molar refractivity (Wildman–Crippen MR) is 107 cm³/mol. The van der Waals surface area contributed by atoms with Gasteiger partial charge in [0.25, 0.3) is 5.91 Å². The molecule has 0 heterocycles. The fourth-order valence-corrected chi connectivity index (χ4v) is 2.72. The number of hydrogen-bond acceptors (Lipinski definition) is 3. The fourth-order valence-electron chi connectivity index (χ4n) is 2.54. The summed E-state index contributed by atoms with van der Waals surface area (Å²) in [5.41, 5.74) is 0.948. The number of benzene rings is 2. The molecule has 5 nitrogen and oxygen atoms in total. The minimum atomic E-state index is -0.604. The third kappa shape index (κ3) is 6.61. The van der Waals surface area contributed by atoms with Crippen molar-refractivity contribution in [1.82, 2.24) is 10.2 Å². The molecule has 2 aromatic carbocycles. The van der Waals surface area contributed by atoms with Gasteiger partial charge in [-0.15, -0.1) is 0 Å². The molecule has 0 unspecified atom stereocenters.